The van der Waals surface area contributed by atoms with Crippen molar-refractivity contribution in [2.75, 3.05) is 5.32 Å². The van der Waals surface area contributed by atoms with Crippen molar-refractivity contribution in [3.8, 4) is 0 Å². The van der Waals surface area contributed by atoms with Crippen LogP contribution in [0.5, 0.6) is 0 Å². The van der Waals surface area contributed by atoms with Gasteiger partial charge in [0.15, 0.2) is 0 Å². The molecule has 0 amide bonds. The maximum atomic E-state index is 11.6. The SMILES string of the molecule is CCn1cc(NC2CC(c3ccc(Cl)cc3)C2)ccc1=O. The molecule has 110 valence electrons. The molecule has 1 aliphatic rings. The van der Waals surface area contributed by atoms with Crippen molar-refractivity contribution >= 4 is 17.3 Å². The van der Waals surface area contributed by atoms with Crippen LogP contribution in [-0.2, 0) is 6.54 Å². The summed E-state index contributed by atoms with van der Waals surface area (Å²) in [6, 6.07) is 12.1. The van der Waals surface area contributed by atoms with Crippen molar-refractivity contribution in [3.63, 3.8) is 0 Å². The fourth-order valence-corrected chi connectivity index (χ4v) is 2.97. The maximum absolute atomic E-state index is 11.6. The summed E-state index contributed by atoms with van der Waals surface area (Å²) in [5.41, 5.74) is 2.43. The van der Waals surface area contributed by atoms with E-state index in [1.165, 1.54) is 5.56 Å². The summed E-state index contributed by atoms with van der Waals surface area (Å²) in [6.07, 6.45) is 4.14. The highest BCUT2D eigenvalue weighted by Gasteiger charge is 2.30. The van der Waals surface area contributed by atoms with Crippen molar-refractivity contribution in [3.05, 3.63) is 63.5 Å². The van der Waals surface area contributed by atoms with Crippen LogP contribution in [0.25, 0.3) is 0 Å². The van der Waals surface area contributed by atoms with E-state index in [0.29, 0.717) is 18.5 Å². The first-order valence-electron chi connectivity index (χ1n) is 7.38. The van der Waals surface area contributed by atoms with E-state index in [1.54, 1.807) is 10.6 Å². The zero-order valence-electron chi connectivity index (χ0n) is 12.1. The lowest BCUT2D eigenvalue weighted by molar-refractivity contribution is 0.374. The van der Waals surface area contributed by atoms with Gasteiger partial charge in [-0.15, -0.1) is 0 Å². The third-order valence-corrected chi connectivity index (χ3v) is 4.43. The molecule has 0 saturated heterocycles. The van der Waals surface area contributed by atoms with Gasteiger partial charge in [-0.2, -0.15) is 0 Å². The second kappa shape index (κ2) is 5.94. The average Bonchev–Trinajstić information content (AvgIpc) is 2.45. The van der Waals surface area contributed by atoms with Crippen LogP contribution < -0.4 is 10.9 Å². The molecule has 0 aliphatic heterocycles. The molecular formula is C17H19ClN2O. The lowest BCUT2D eigenvalue weighted by atomic mass is 9.76. The molecule has 1 N–H and O–H groups in total. The molecule has 1 aromatic heterocycles. The van der Waals surface area contributed by atoms with E-state index in [2.05, 4.69) is 17.4 Å². The predicted molar refractivity (Wildman–Crippen MR) is 87.2 cm³/mol. The highest BCUT2D eigenvalue weighted by atomic mass is 35.5. The number of aryl methyl sites for hydroxylation is 1. The minimum absolute atomic E-state index is 0.0516. The number of aromatic nitrogens is 1. The second-order valence-electron chi connectivity index (χ2n) is 5.60. The molecule has 0 spiro atoms. The van der Waals surface area contributed by atoms with Crippen LogP contribution in [0.4, 0.5) is 5.69 Å². The van der Waals surface area contributed by atoms with Gasteiger partial charge in [0.05, 0.1) is 5.69 Å². The van der Waals surface area contributed by atoms with E-state index in [0.717, 1.165) is 23.6 Å². The van der Waals surface area contributed by atoms with E-state index in [-0.39, 0.29) is 5.56 Å². The molecule has 0 atom stereocenters. The Kier molecular flexibility index (Phi) is 4.02. The minimum Gasteiger partial charge on any atom is -0.381 e. The topological polar surface area (TPSA) is 34.0 Å². The number of benzene rings is 1. The second-order valence-corrected chi connectivity index (χ2v) is 6.04. The number of nitrogens with one attached hydrogen (secondary N) is 1. The number of halogens is 1. The van der Waals surface area contributed by atoms with Crippen molar-refractivity contribution in [1.82, 2.24) is 4.57 Å². The molecule has 1 aliphatic carbocycles. The molecule has 4 heteroatoms. The Labute approximate surface area is 129 Å². The van der Waals surface area contributed by atoms with Gasteiger partial charge in [-0.3, -0.25) is 4.79 Å². The van der Waals surface area contributed by atoms with Gasteiger partial charge < -0.3 is 9.88 Å². The molecule has 1 aromatic carbocycles. The highest BCUT2D eigenvalue weighted by molar-refractivity contribution is 6.30. The molecule has 3 nitrogen and oxygen atoms in total. The van der Waals surface area contributed by atoms with Crippen LogP contribution in [0.2, 0.25) is 5.02 Å². The van der Waals surface area contributed by atoms with E-state index in [1.807, 2.05) is 31.3 Å². The minimum atomic E-state index is 0.0516. The molecule has 1 saturated carbocycles. The Morgan fingerprint density at radius 3 is 2.57 bits per heavy atom. The fraction of sp³-hybridized carbons (Fsp3) is 0.353. The van der Waals surface area contributed by atoms with Crippen LogP contribution in [0, 0.1) is 0 Å². The number of pyridine rings is 1. The fourth-order valence-electron chi connectivity index (χ4n) is 2.84. The summed E-state index contributed by atoms with van der Waals surface area (Å²) in [5, 5.41) is 4.29. The third-order valence-electron chi connectivity index (χ3n) is 4.17. The van der Waals surface area contributed by atoms with E-state index >= 15 is 0 Å². The summed E-state index contributed by atoms with van der Waals surface area (Å²) in [5.74, 6) is 0.608. The lowest BCUT2D eigenvalue weighted by Gasteiger charge is -2.37. The van der Waals surface area contributed by atoms with Crippen LogP contribution in [0.1, 0.15) is 31.2 Å². The number of anilines is 1. The summed E-state index contributed by atoms with van der Waals surface area (Å²) < 4.78 is 1.72. The van der Waals surface area contributed by atoms with Gasteiger partial charge in [0.25, 0.3) is 5.56 Å². The van der Waals surface area contributed by atoms with Gasteiger partial charge in [-0.1, -0.05) is 23.7 Å². The van der Waals surface area contributed by atoms with Gasteiger partial charge in [0.2, 0.25) is 0 Å². The molecule has 21 heavy (non-hydrogen) atoms. The molecule has 1 fully saturated rings. The number of rotatable bonds is 4. The molecule has 3 rings (SSSR count). The van der Waals surface area contributed by atoms with Crippen molar-refractivity contribution in [1.29, 1.82) is 0 Å². The van der Waals surface area contributed by atoms with Crippen LogP contribution in [-0.4, -0.2) is 10.6 Å². The average molecular weight is 303 g/mol. The van der Waals surface area contributed by atoms with E-state index < -0.39 is 0 Å². The van der Waals surface area contributed by atoms with Gasteiger partial charge in [-0.05, 0) is 49.4 Å². The monoisotopic (exact) mass is 302 g/mol. The molecule has 2 aromatic rings. The smallest absolute Gasteiger partial charge is 0.250 e. The first-order valence-corrected chi connectivity index (χ1v) is 7.76. The Hall–Kier alpha value is -1.74. The molecule has 0 unspecified atom stereocenters. The van der Waals surface area contributed by atoms with Crippen LogP contribution >= 0.6 is 11.6 Å². The summed E-state index contributed by atoms with van der Waals surface area (Å²) in [6.45, 7) is 2.68. The van der Waals surface area contributed by atoms with E-state index in [4.69, 9.17) is 11.6 Å². The van der Waals surface area contributed by atoms with Gasteiger partial charge >= 0.3 is 0 Å². The number of hydrogen-bond acceptors (Lipinski definition) is 2. The Balaban J connectivity index is 1.59. The molecule has 0 radical (unpaired) electrons. The highest BCUT2D eigenvalue weighted by Crippen LogP contribution is 2.38. The van der Waals surface area contributed by atoms with Gasteiger partial charge in [0, 0.05) is 29.9 Å². The van der Waals surface area contributed by atoms with Gasteiger partial charge in [-0.25, -0.2) is 0 Å². The van der Waals surface area contributed by atoms with Gasteiger partial charge in [0.1, 0.15) is 0 Å². The maximum Gasteiger partial charge on any atom is 0.250 e. The standard InChI is InChI=1S/C17H19ClN2O/c1-2-20-11-15(7-8-17(20)21)19-16-9-13(10-16)12-3-5-14(18)6-4-12/h3-8,11,13,16,19H,2,9-10H2,1H3. The molecule has 0 bridgehead atoms. The predicted octanol–water partition coefficient (Wildman–Crippen LogP) is 3.88. The largest absolute Gasteiger partial charge is 0.381 e. The van der Waals surface area contributed by atoms with Crippen molar-refractivity contribution in [2.45, 2.75) is 38.3 Å². The Morgan fingerprint density at radius 2 is 1.90 bits per heavy atom. The summed E-state index contributed by atoms with van der Waals surface area (Å²) in [7, 11) is 0. The molecule has 1 heterocycles. The summed E-state index contributed by atoms with van der Waals surface area (Å²) >= 11 is 5.91. The first-order chi connectivity index (χ1) is 10.2. The zero-order valence-corrected chi connectivity index (χ0v) is 12.8. The van der Waals surface area contributed by atoms with Crippen LogP contribution in [0.15, 0.2) is 47.4 Å². The first kappa shape index (κ1) is 14.2. The number of hydrogen-bond donors (Lipinski definition) is 1. The zero-order chi connectivity index (χ0) is 14.8. The number of nitrogens with zero attached hydrogens (tertiary/aromatic N) is 1. The third kappa shape index (κ3) is 3.13. The van der Waals surface area contributed by atoms with E-state index in [9.17, 15) is 4.79 Å². The Bertz CT molecular complexity index is 672. The normalized spacial score (nSPS) is 20.9. The van der Waals surface area contributed by atoms with Crippen molar-refractivity contribution in [2.24, 2.45) is 0 Å². The summed E-state index contributed by atoms with van der Waals surface area (Å²) in [4.78, 5) is 11.6. The molecular weight excluding hydrogens is 284 g/mol. The Morgan fingerprint density at radius 1 is 1.19 bits per heavy atom. The quantitative estimate of drug-likeness (QED) is 0.930. The van der Waals surface area contributed by atoms with Crippen LogP contribution in [0.3, 0.4) is 0 Å². The lowest BCUT2D eigenvalue weighted by Crippen LogP contribution is -2.34. The van der Waals surface area contributed by atoms with Crippen molar-refractivity contribution < 1.29 is 0 Å².